The number of carboxylic acids is 1. The summed E-state index contributed by atoms with van der Waals surface area (Å²) in [6, 6.07) is 0. The molecule has 0 aliphatic rings. The van der Waals surface area contributed by atoms with E-state index < -0.39 is 17.9 Å². The molecule has 0 radical (unpaired) electrons. The Morgan fingerprint density at radius 2 is 0.909 bits per heavy atom. The van der Waals surface area contributed by atoms with Gasteiger partial charge in [-0.3, -0.25) is 14.4 Å². The molecular weight excluding hydrogens is 416 g/mol. The van der Waals surface area contributed by atoms with Gasteiger partial charge in [0.05, 0.1) is 0 Å². The zero-order valence-electron chi connectivity index (χ0n) is 21.3. The van der Waals surface area contributed by atoms with Crippen LogP contribution in [0.2, 0.25) is 0 Å². The first kappa shape index (κ1) is 31.4. The monoisotopic (exact) mass is 466 g/mol. The molecule has 5 heteroatoms. The van der Waals surface area contributed by atoms with Crippen molar-refractivity contribution in [2.24, 2.45) is 0 Å². The van der Waals surface area contributed by atoms with E-state index >= 15 is 0 Å². The Kier molecular flexibility index (Phi) is 23.7. The number of allylic oxidation sites excluding steroid dienone is 2. The molecule has 192 valence electrons. The minimum atomic E-state index is -0.746. The molecule has 0 aliphatic carbocycles. The molecule has 0 bridgehead atoms. The molecule has 0 aromatic rings. The molecule has 33 heavy (non-hydrogen) atoms. The fourth-order valence-electron chi connectivity index (χ4n) is 3.82. The smallest absolute Gasteiger partial charge is 0.313 e. The van der Waals surface area contributed by atoms with Crippen molar-refractivity contribution in [1.82, 2.24) is 0 Å². The Hall–Kier alpha value is -1.65. The molecule has 0 aromatic carbocycles. The largest absolute Gasteiger partial charge is 0.481 e. The van der Waals surface area contributed by atoms with E-state index in [-0.39, 0.29) is 12.8 Å². The summed E-state index contributed by atoms with van der Waals surface area (Å²) < 4.78 is 4.89. The van der Waals surface area contributed by atoms with E-state index in [0.29, 0.717) is 12.8 Å². The third kappa shape index (κ3) is 26.5. The van der Waals surface area contributed by atoms with Gasteiger partial charge in [-0.1, -0.05) is 96.1 Å². The molecule has 0 spiro atoms. The van der Waals surface area contributed by atoms with Crippen LogP contribution in [0.3, 0.4) is 0 Å². The molecule has 0 amide bonds. The Balaban J connectivity index is 3.37. The van der Waals surface area contributed by atoms with Gasteiger partial charge >= 0.3 is 17.9 Å². The highest BCUT2D eigenvalue weighted by Gasteiger charge is 2.09. The minimum Gasteiger partial charge on any atom is -0.481 e. The van der Waals surface area contributed by atoms with Crippen molar-refractivity contribution >= 4 is 17.9 Å². The number of esters is 2. The topological polar surface area (TPSA) is 80.7 Å². The lowest BCUT2D eigenvalue weighted by atomic mass is 10.1. The van der Waals surface area contributed by atoms with E-state index in [4.69, 9.17) is 9.84 Å². The average Bonchev–Trinajstić information content (AvgIpc) is 2.78. The molecule has 0 rings (SSSR count). The normalized spacial score (nSPS) is 11.2. The van der Waals surface area contributed by atoms with Crippen molar-refractivity contribution in [2.45, 2.75) is 148 Å². The van der Waals surface area contributed by atoms with Crippen molar-refractivity contribution in [3.63, 3.8) is 0 Å². The summed E-state index contributed by atoms with van der Waals surface area (Å²) in [5, 5.41) is 8.57. The Morgan fingerprint density at radius 3 is 1.33 bits per heavy atom. The lowest BCUT2D eigenvalue weighted by molar-refractivity contribution is -0.159. The second kappa shape index (κ2) is 25.0. The van der Waals surface area contributed by atoms with Gasteiger partial charge in [0.1, 0.15) is 0 Å². The highest BCUT2D eigenvalue weighted by atomic mass is 16.6. The predicted octanol–water partition coefficient (Wildman–Crippen LogP) is 8.30. The molecule has 0 aliphatic heterocycles. The van der Waals surface area contributed by atoms with Gasteiger partial charge in [-0.15, -0.1) is 0 Å². The van der Waals surface area contributed by atoms with Crippen LogP contribution in [-0.4, -0.2) is 23.0 Å². The van der Waals surface area contributed by atoms with Crippen LogP contribution in [0.1, 0.15) is 148 Å². The van der Waals surface area contributed by atoms with Gasteiger partial charge in [0, 0.05) is 19.3 Å². The van der Waals surface area contributed by atoms with Crippen LogP contribution >= 0.6 is 0 Å². The molecule has 0 fully saturated rings. The van der Waals surface area contributed by atoms with Crippen molar-refractivity contribution in [1.29, 1.82) is 0 Å². The third-order valence-electron chi connectivity index (χ3n) is 5.89. The van der Waals surface area contributed by atoms with Gasteiger partial charge in [0.25, 0.3) is 0 Å². The maximum atomic E-state index is 11.7. The van der Waals surface area contributed by atoms with Gasteiger partial charge in [-0.25, -0.2) is 0 Å². The Bertz CT molecular complexity index is 512. The van der Waals surface area contributed by atoms with Crippen LogP contribution in [-0.2, 0) is 19.1 Å². The molecule has 0 saturated heterocycles. The van der Waals surface area contributed by atoms with E-state index in [1.807, 2.05) is 0 Å². The highest BCUT2D eigenvalue weighted by molar-refractivity contribution is 5.85. The zero-order chi connectivity index (χ0) is 24.4. The number of carboxylic acid groups (broad SMARTS) is 1. The summed E-state index contributed by atoms with van der Waals surface area (Å²) in [6.45, 7) is 2.25. The lowest BCUT2D eigenvalue weighted by Gasteiger charge is -2.04. The molecule has 1 N–H and O–H groups in total. The molecule has 0 saturated carbocycles. The SMILES string of the molecule is CCCCCCCC/C=C\CCCCCCCC(=O)OC(=O)CCCCCCCCC(=O)O. The number of hydrogen-bond acceptors (Lipinski definition) is 4. The molecule has 0 unspecified atom stereocenters. The zero-order valence-corrected chi connectivity index (χ0v) is 21.3. The molecule has 5 nitrogen and oxygen atoms in total. The van der Waals surface area contributed by atoms with Crippen molar-refractivity contribution in [3.05, 3.63) is 12.2 Å². The Morgan fingerprint density at radius 1 is 0.545 bits per heavy atom. The van der Waals surface area contributed by atoms with Gasteiger partial charge in [-0.2, -0.15) is 0 Å². The van der Waals surface area contributed by atoms with Crippen molar-refractivity contribution < 1.29 is 24.2 Å². The number of carbonyl (C=O) groups excluding carboxylic acids is 2. The summed E-state index contributed by atoms with van der Waals surface area (Å²) in [5.41, 5.74) is 0. The van der Waals surface area contributed by atoms with Crippen molar-refractivity contribution in [3.8, 4) is 0 Å². The maximum Gasteiger partial charge on any atom is 0.313 e. The van der Waals surface area contributed by atoms with Crippen LogP contribution < -0.4 is 0 Å². The summed E-state index contributed by atoms with van der Waals surface area (Å²) in [5.74, 6) is -1.56. The van der Waals surface area contributed by atoms with Crippen LogP contribution in [0.4, 0.5) is 0 Å². The molecule has 0 heterocycles. The predicted molar refractivity (Wildman–Crippen MR) is 135 cm³/mol. The quantitative estimate of drug-likeness (QED) is 0.0669. The summed E-state index contributed by atoms with van der Waals surface area (Å²) in [6.07, 6.45) is 26.5. The maximum absolute atomic E-state index is 11.7. The van der Waals surface area contributed by atoms with Gasteiger partial charge in [-0.05, 0) is 44.9 Å². The van der Waals surface area contributed by atoms with E-state index in [0.717, 1.165) is 57.8 Å². The summed E-state index contributed by atoms with van der Waals surface area (Å²) >= 11 is 0. The fourth-order valence-corrected chi connectivity index (χ4v) is 3.82. The molecule has 0 aromatic heterocycles. The first-order valence-electron chi connectivity index (χ1n) is 13.7. The number of rotatable bonds is 24. The highest BCUT2D eigenvalue weighted by Crippen LogP contribution is 2.12. The minimum absolute atomic E-state index is 0.227. The standard InChI is InChI=1S/C28H50O5/c1-2-3-4-5-6-7-8-9-10-11-12-13-14-18-21-24-27(31)33-28(32)25-22-19-16-15-17-20-23-26(29)30/h9-10H,2-8,11-25H2,1H3,(H,29,30)/b10-9-. The van der Waals surface area contributed by atoms with Crippen molar-refractivity contribution in [2.75, 3.05) is 0 Å². The lowest BCUT2D eigenvalue weighted by Crippen LogP contribution is -2.11. The summed E-state index contributed by atoms with van der Waals surface area (Å²) in [7, 11) is 0. The second-order valence-electron chi connectivity index (χ2n) is 9.20. The van der Waals surface area contributed by atoms with E-state index in [1.54, 1.807) is 0 Å². The number of unbranched alkanes of at least 4 members (excludes halogenated alkanes) is 16. The summed E-state index contributed by atoms with van der Waals surface area (Å²) in [4.78, 5) is 33.9. The van der Waals surface area contributed by atoms with Gasteiger partial charge in [0.15, 0.2) is 0 Å². The van der Waals surface area contributed by atoms with Crippen LogP contribution in [0.15, 0.2) is 12.2 Å². The molecular formula is C28H50O5. The second-order valence-corrected chi connectivity index (χ2v) is 9.20. The average molecular weight is 467 g/mol. The van der Waals surface area contributed by atoms with Gasteiger partial charge in [0.2, 0.25) is 0 Å². The number of aliphatic carboxylic acids is 1. The van der Waals surface area contributed by atoms with E-state index in [1.165, 1.54) is 57.8 Å². The van der Waals surface area contributed by atoms with Crippen LogP contribution in [0.5, 0.6) is 0 Å². The fraction of sp³-hybridized carbons (Fsp3) is 0.821. The van der Waals surface area contributed by atoms with E-state index in [9.17, 15) is 14.4 Å². The first-order chi connectivity index (χ1) is 16.1. The number of hydrogen-bond donors (Lipinski definition) is 1. The number of ether oxygens (including phenoxy) is 1. The van der Waals surface area contributed by atoms with Gasteiger partial charge < -0.3 is 9.84 Å². The van der Waals surface area contributed by atoms with E-state index in [2.05, 4.69) is 19.1 Å². The number of carbonyl (C=O) groups is 3. The third-order valence-corrected chi connectivity index (χ3v) is 5.89. The first-order valence-corrected chi connectivity index (χ1v) is 13.7. The molecule has 0 atom stereocenters. The Labute approximate surface area is 202 Å². The van der Waals surface area contributed by atoms with Crippen LogP contribution in [0, 0.1) is 0 Å². The van der Waals surface area contributed by atoms with Crippen LogP contribution in [0.25, 0.3) is 0 Å².